The normalized spacial score (nSPS) is 12.0. The van der Waals surface area contributed by atoms with Crippen molar-refractivity contribution in [3.8, 4) is 11.4 Å². The van der Waals surface area contributed by atoms with Gasteiger partial charge in [-0.1, -0.05) is 30.7 Å². The Balaban J connectivity index is 1.36. The van der Waals surface area contributed by atoms with Gasteiger partial charge in [0.2, 0.25) is 11.6 Å². The van der Waals surface area contributed by atoms with E-state index in [2.05, 4.69) is 15.5 Å². The zero-order valence-electron chi connectivity index (χ0n) is 19.8. The first-order valence-electron chi connectivity index (χ1n) is 11.6. The average Bonchev–Trinajstić information content (AvgIpc) is 3.25. The number of fused-ring (bicyclic) bond motifs is 1. The molecule has 4 rings (SSSR count). The molecule has 1 amide bonds. The predicted octanol–water partition coefficient (Wildman–Crippen LogP) is 3.86. The number of ether oxygens (including phenoxy) is 1. The van der Waals surface area contributed by atoms with Crippen molar-refractivity contribution in [2.45, 2.75) is 33.1 Å². The van der Waals surface area contributed by atoms with Crippen molar-refractivity contribution >= 4 is 23.2 Å². The molecule has 1 unspecified atom stereocenters. The number of rotatable bonds is 10. The Labute approximate surface area is 208 Å². The predicted molar refractivity (Wildman–Crippen MR) is 135 cm³/mol. The largest absolute Gasteiger partial charge is 0.494 e. The molecule has 2 heterocycles. The SMILES string of the molecule is CCOc1ccc(-n2ccn3c(CC(C)CC(=O)NCCc4ccc(Cl)cc4)nnc3c2=O)cc1. The summed E-state index contributed by atoms with van der Waals surface area (Å²) in [7, 11) is 0. The Morgan fingerprint density at radius 2 is 1.83 bits per heavy atom. The molecule has 9 heteroatoms. The molecule has 0 saturated heterocycles. The Morgan fingerprint density at radius 1 is 1.09 bits per heavy atom. The fraction of sp³-hybridized carbons (Fsp3) is 0.308. The van der Waals surface area contributed by atoms with Crippen LogP contribution in [-0.2, 0) is 17.6 Å². The van der Waals surface area contributed by atoms with Gasteiger partial charge in [0, 0.05) is 42.5 Å². The van der Waals surface area contributed by atoms with Gasteiger partial charge in [0.05, 0.1) is 6.61 Å². The molecule has 8 nitrogen and oxygen atoms in total. The van der Waals surface area contributed by atoms with Crippen molar-refractivity contribution in [3.63, 3.8) is 0 Å². The van der Waals surface area contributed by atoms with Crippen molar-refractivity contribution in [3.05, 3.63) is 87.7 Å². The summed E-state index contributed by atoms with van der Waals surface area (Å²) in [6.45, 7) is 5.05. The third-order valence-electron chi connectivity index (χ3n) is 5.68. The number of halogens is 1. The van der Waals surface area contributed by atoms with E-state index >= 15 is 0 Å². The lowest BCUT2D eigenvalue weighted by Gasteiger charge is -2.11. The highest BCUT2D eigenvalue weighted by atomic mass is 35.5. The van der Waals surface area contributed by atoms with Gasteiger partial charge in [0.15, 0.2) is 0 Å². The monoisotopic (exact) mass is 493 g/mol. The first-order valence-corrected chi connectivity index (χ1v) is 12.0. The van der Waals surface area contributed by atoms with Gasteiger partial charge >= 0.3 is 5.56 Å². The number of carbonyl (C=O) groups excluding carboxylic acids is 1. The van der Waals surface area contributed by atoms with Crippen molar-refractivity contribution in [2.24, 2.45) is 5.92 Å². The summed E-state index contributed by atoms with van der Waals surface area (Å²) in [4.78, 5) is 25.4. The number of amides is 1. The summed E-state index contributed by atoms with van der Waals surface area (Å²) < 4.78 is 8.69. The van der Waals surface area contributed by atoms with E-state index in [4.69, 9.17) is 16.3 Å². The fourth-order valence-corrected chi connectivity index (χ4v) is 4.04. The molecule has 0 bridgehead atoms. The van der Waals surface area contributed by atoms with Gasteiger partial charge in [0.25, 0.3) is 0 Å². The number of aromatic nitrogens is 4. The van der Waals surface area contributed by atoms with E-state index in [1.165, 1.54) is 4.57 Å². The lowest BCUT2D eigenvalue weighted by Crippen LogP contribution is -2.27. The van der Waals surface area contributed by atoms with Crippen LogP contribution < -0.4 is 15.6 Å². The summed E-state index contributed by atoms with van der Waals surface area (Å²) in [6, 6.07) is 14.9. The van der Waals surface area contributed by atoms with E-state index < -0.39 is 0 Å². The maximum Gasteiger partial charge on any atom is 0.300 e. The molecule has 0 saturated carbocycles. The molecule has 1 atom stereocenters. The zero-order chi connectivity index (χ0) is 24.8. The third kappa shape index (κ3) is 6.08. The minimum atomic E-state index is -0.261. The molecule has 0 aliphatic heterocycles. The maximum atomic E-state index is 13.0. The first-order chi connectivity index (χ1) is 16.9. The van der Waals surface area contributed by atoms with Crippen LogP contribution in [0, 0.1) is 5.92 Å². The minimum Gasteiger partial charge on any atom is -0.494 e. The minimum absolute atomic E-state index is 0.0156. The van der Waals surface area contributed by atoms with Crippen LogP contribution in [-0.4, -0.2) is 38.2 Å². The van der Waals surface area contributed by atoms with Gasteiger partial charge in [0.1, 0.15) is 11.6 Å². The molecule has 1 N–H and O–H groups in total. The Bertz CT molecular complexity index is 1350. The summed E-state index contributed by atoms with van der Waals surface area (Å²) in [6.07, 6.45) is 5.11. The van der Waals surface area contributed by atoms with E-state index in [0.717, 1.165) is 17.7 Å². The average molecular weight is 494 g/mol. The Hall–Kier alpha value is -3.65. The Morgan fingerprint density at radius 3 is 2.54 bits per heavy atom. The van der Waals surface area contributed by atoms with Crippen molar-refractivity contribution in [1.82, 2.24) is 24.5 Å². The van der Waals surface area contributed by atoms with E-state index in [1.54, 1.807) is 16.8 Å². The van der Waals surface area contributed by atoms with Gasteiger partial charge in [-0.15, -0.1) is 10.2 Å². The zero-order valence-corrected chi connectivity index (χ0v) is 20.5. The van der Waals surface area contributed by atoms with Crippen molar-refractivity contribution < 1.29 is 9.53 Å². The van der Waals surface area contributed by atoms with Crippen LogP contribution in [0.1, 0.15) is 31.7 Å². The molecule has 0 spiro atoms. The smallest absolute Gasteiger partial charge is 0.300 e. The lowest BCUT2D eigenvalue weighted by molar-refractivity contribution is -0.121. The number of hydrogen-bond acceptors (Lipinski definition) is 5. The molecule has 182 valence electrons. The summed E-state index contributed by atoms with van der Waals surface area (Å²) in [5.74, 6) is 1.42. The number of nitrogens with zero attached hydrogens (tertiary/aromatic N) is 4. The first kappa shape index (κ1) is 24.5. The molecule has 0 radical (unpaired) electrons. The molecule has 2 aromatic heterocycles. The summed E-state index contributed by atoms with van der Waals surface area (Å²) in [5, 5.41) is 12.0. The number of hydrogen-bond donors (Lipinski definition) is 1. The maximum absolute atomic E-state index is 13.0. The van der Waals surface area contributed by atoms with Gasteiger partial charge in [-0.2, -0.15) is 0 Å². The van der Waals surface area contributed by atoms with Gasteiger partial charge in [-0.05, 0) is 61.2 Å². The molecule has 2 aromatic carbocycles. The van der Waals surface area contributed by atoms with Crippen LogP contribution in [0.3, 0.4) is 0 Å². The lowest BCUT2D eigenvalue weighted by atomic mass is 10.0. The van der Waals surface area contributed by atoms with Crippen LogP contribution in [0.5, 0.6) is 5.75 Å². The van der Waals surface area contributed by atoms with Crippen molar-refractivity contribution in [2.75, 3.05) is 13.2 Å². The van der Waals surface area contributed by atoms with Gasteiger partial charge in [-0.3, -0.25) is 18.6 Å². The molecular formula is C26H28ClN5O3. The number of carbonyl (C=O) groups is 1. The number of nitrogens with one attached hydrogen (secondary N) is 1. The van der Waals surface area contributed by atoms with E-state index in [9.17, 15) is 9.59 Å². The molecular weight excluding hydrogens is 466 g/mol. The van der Waals surface area contributed by atoms with Crippen LogP contribution in [0.2, 0.25) is 5.02 Å². The van der Waals surface area contributed by atoms with E-state index in [-0.39, 0.29) is 23.0 Å². The second kappa shape index (κ2) is 11.2. The second-order valence-corrected chi connectivity index (χ2v) is 8.89. The van der Waals surface area contributed by atoms with Crippen LogP contribution in [0.4, 0.5) is 0 Å². The van der Waals surface area contributed by atoms with Gasteiger partial charge in [-0.25, -0.2) is 0 Å². The number of benzene rings is 2. The standard InChI is InChI=1S/C26H28ClN5O3/c1-3-35-22-10-8-21(9-11-22)31-14-15-32-23(29-30-25(32)26(31)34)16-18(2)17-24(33)28-13-12-19-4-6-20(27)7-5-19/h4-11,14-15,18H,3,12-13,16-17H2,1-2H3,(H,28,33). The quantitative estimate of drug-likeness (QED) is 0.362. The molecule has 0 fully saturated rings. The van der Waals surface area contributed by atoms with E-state index in [0.29, 0.717) is 42.5 Å². The highest BCUT2D eigenvalue weighted by Crippen LogP contribution is 2.16. The fourth-order valence-electron chi connectivity index (χ4n) is 3.92. The topological polar surface area (TPSA) is 90.5 Å². The molecule has 35 heavy (non-hydrogen) atoms. The van der Waals surface area contributed by atoms with E-state index in [1.807, 2.05) is 62.4 Å². The molecule has 0 aliphatic rings. The molecule has 0 aliphatic carbocycles. The van der Waals surface area contributed by atoms with Crippen molar-refractivity contribution in [1.29, 1.82) is 0 Å². The third-order valence-corrected chi connectivity index (χ3v) is 5.93. The summed E-state index contributed by atoms with van der Waals surface area (Å²) >= 11 is 5.90. The highest BCUT2D eigenvalue weighted by Gasteiger charge is 2.16. The van der Waals surface area contributed by atoms with Crippen LogP contribution >= 0.6 is 11.6 Å². The molecule has 4 aromatic rings. The van der Waals surface area contributed by atoms with Crippen LogP contribution in [0.15, 0.2) is 65.7 Å². The van der Waals surface area contributed by atoms with Gasteiger partial charge < -0.3 is 10.1 Å². The Kier molecular flexibility index (Phi) is 7.82. The highest BCUT2D eigenvalue weighted by molar-refractivity contribution is 6.30. The second-order valence-electron chi connectivity index (χ2n) is 8.45. The summed E-state index contributed by atoms with van der Waals surface area (Å²) in [5.41, 5.74) is 1.82. The van der Waals surface area contributed by atoms with Crippen LogP contribution in [0.25, 0.3) is 11.3 Å².